The van der Waals surface area contributed by atoms with Crippen molar-refractivity contribution in [3.8, 4) is 0 Å². The maximum absolute atomic E-state index is 5.77. The Kier molecular flexibility index (Phi) is 5.53. The van der Waals surface area contributed by atoms with Crippen LogP contribution in [0, 0.1) is 0 Å². The molecule has 0 N–H and O–H groups in total. The molecule has 1 aromatic carbocycles. The first-order valence-electron chi connectivity index (χ1n) is 4.59. The normalized spacial score (nSPS) is 15.1. The third kappa shape index (κ3) is 3.99. The molecule has 14 heavy (non-hydrogen) atoms. The number of benzene rings is 1. The van der Waals surface area contributed by atoms with Crippen LogP contribution in [0.15, 0.2) is 30.3 Å². The second-order valence-corrected chi connectivity index (χ2v) is 4.92. The second-order valence-electron chi connectivity index (χ2n) is 3.17. The van der Waals surface area contributed by atoms with Gasteiger partial charge in [-0.05, 0) is 5.56 Å². The van der Waals surface area contributed by atoms with E-state index in [1.807, 2.05) is 37.3 Å². The van der Waals surface area contributed by atoms with E-state index in [4.69, 9.17) is 16.3 Å². The zero-order valence-electron chi connectivity index (χ0n) is 8.12. The van der Waals surface area contributed by atoms with Crippen LogP contribution in [0.1, 0.15) is 12.5 Å². The van der Waals surface area contributed by atoms with E-state index in [1.165, 1.54) is 5.56 Å². The van der Waals surface area contributed by atoms with Gasteiger partial charge in [-0.3, -0.25) is 0 Å². The molecule has 0 aromatic heterocycles. The topological polar surface area (TPSA) is 9.23 Å². The molecule has 0 spiro atoms. The van der Waals surface area contributed by atoms with E-state index >= 15 is 0 Å². The van der Waals surface area contributed by atoms with Crippen LogP contribution in [0.25, 0.3) is 0 Å². The Hall–Kier alpha value is -0.0500. The van der Waals surface area contributed by atoms with Crippen molar-refractivity contribution in [2.24, 2.45) is 0 Å². The molecular formula is C11H14BrClO. The van der Waals surface area contributed by atoms with Gasteiger partial charge in [-0.15, -0.1) is 11.6 Å². The van der Waals surface area contributed by atoms with Crippen molar-refractivity contribution in [1.29, 1.82) is 0 Å². The first-order valence-corrected chi connectivity index (χ1v) is 6.04. The lowest BCUT2D eigenvalue weighted by Crippen LogP contribution is -2.23. The molecule has 0 aliphatic heterocycles. The highest BCUT2D eigenvalue weighted by Gasteiger charge is 2.13. The molecule has 0 saturated carbocycles. The average Bonchev–Trinajstić information content (AvgIpc) is 2.20. The maximum Gasteiger partial charge on any atom is 0.0836 e. The fourth-order valence-corrected chi connectivity index (χ4v) is 1.99. The lowest BCUT2D eigenvalue weighted by molar-refractivity contribution is 0.0579. The van der Waals surface area contributed by atoms with Gasteiger partial charge in [0, 0.05) is 10.7 Å². The molecule has 0 fully saturated rings. The summed E-state index contributed by atoms with van der Waals surface area (Å²) >= 11 is 9.24. The molecule has 0 saturated heterocycles. The lowest BCUT2D eigenvalue weighted by atomic mass is 10.2. The fourth-order valence-electron chi connectivity index (χ4n) is 1.08. The van der Waals surface area contributed by atoms with Gasteiger partial charge in [-0.1, -0.05) is 53.2 Å². The summed E-state index contributed by atoms with van der Waals surface area (Å²) in [6.45, 7) is 2.66. The summed E-state index contributed by atoms with van der Waals surface area (Å²) in [6.07, 6.45) is 0.0665. The van der Waals surface area contributed by atoms with Crippen LogP contribution in [0.5, 0.6) is 0 Å². The quantitative estimate of drug-likeness (QED) is 0.747. The summed E-state index contributed by atoms with van der Waals surface area (Å²) < 4.78 is 5.66. The lowest BCUT2D eigenvalue weighted by Gasteiger charge is -2.17. The molecule has 0 bridgehead atoms. The summed E-state index contributed by atoms with van der Waals surface area (Å²) in [5.41, 5.74) is 1.18. The van der Waals surface area contributed by atoms with Crippen LogP contribution in [0.2, 0.25) is 0 Å². The van der Waals surface area contributed by atoms with Gasteiger partial charge in [-0.25, -0.2) is 0 Å². The van der Waals surface area contributed by atoms with Crippen molar-refractivity contribution in [3.05, 3.63) is 35.9 Å². The van der Waals surface area contributed by atoms with Crippen LogP contribution < -0.4 is 0 Å². The van der Waals surface area contributed by atoms with E-state index in [-0.39, 0.29) is 10.9 Å². The van der Waals surface area contributed by atoms with Crippen LogP contribution in [-0.4, -0.2) is 16.8 Å². The molecule has 2 unspecified atom stereocenters. The van der Waals surface area contributed by atoms with Gasteiger partial charge in [0.2, 0.25) is 0 Å². The van der Waals surface area contributed by atoms with E-state index in [1.54, 1.807) is 0 Å². The molecular weight excluding hydrogens is 263 g/mol. The Morgan fingerprint density at radius 2 is 2.00 bits per heavy atom. The summed E-state index contributed by atoms with van der Waals surface area (Å²) in [6, 6.07) is 10.1. The summed E-state index contributed by atoms with van der Waals surface area (Å²) in [7, 11) is 0. The average molecular weight is 278 g/mol. The first-order chi connectivity index (χ1) is 6.74. The van der Waals surface area contributed by atoms with Crippen molar-refractivity contribution in [2.45, 2.75) is 24.5 Å². The molecule has 0 aliphatic carbocycles. The number of halogens is 2. The molecule has 0 radical (unpaired) electrons. The van der Waals surface area contributed by atoms with Crippen LogP contribution >= 0.6 is 27.5 Å². The van der Waals surface area contributed by atoms with E-state index < -0.39 is 0 Å². The molecule has 2 atom stereocenters. The van der Waals surface area contributed by atoms with E-state index in [2.05, 4.69) is 15.9 Å². The number of alkyl halides is 2. The van der Waals surface area contributed by atoms with E-state index in [0.29, 0.717) is 12.5 Å². The maximum atomic E-state index is 5.77. The predicted molar refractivity (Wildman–Crippen MR) is 64.1 cm³/mol. The molecule has 1 rings (SSSR count). The Morgan fingerprint density at radius 1 is 1.36 bits per heavy atom. The van der Waals surface area contributed by atoms with Gasteiger partial charge in [0.1, 0.15) is 0 Å². The number of rotatable bonds is 5. The highest BCUT2D eigenvalue weighted by molar-refractivity contribution is 9.09. The standard InChI is InChI=1S/C11H14BrClO/c1-9(12)11(7-13)14-8-10-5-3-2-4-6-10/h2-6,9,11H,7-8H2,1H3. The fraction of sp³-hybridized carbons (Fsp3) is 0.455. The van der Waals surface area contributed by atoms with Gasteiger partial charge in [0.15, 0.2) is 0 Å². The van der Waals surface area contributed by atoms with Gasteiger partial charge in [0.05, 0.1) is 12.7 Å². The van der Waals surface area contributed by atoms with E-state index in [0.717, 1.165) is 0 Å². The highest BCUT2D eigenvalue weighted by atomic mass is 79.9. The first kappa shape index (κ1) is 12.0. The minimum absolute atomic E-state index is 0.0665. The molecule has 78 valence electrons. The van der Waals surface area contributed by atoms with Crippen molar-refractivity contribution >= 4 is 27.5 Å². The largest absolute Gasteiger partial charge is 0.371 e. The summed E-state index contributed by atoms with van der Waals surface area (Å²) in [5, 5.41) is 0. The van der Waals surface area contributed by atoms with Crippen molar-refractivity contribution in [3.63, 3.8) is 0 Å². The second kappa shape index (κ2) is 6.44. The van der Waals surface area contributed by atoms with Crippen molar-refractivity contribution < 1.29 is 4.74 Å². The Labute approximate surface area is 98.5 Å². The van der Waals surface area contributed by atoms with Crippen LogP contribution in [-0.2, 0) is 11.3 Å². The van der Waals surface area contributed by atoms with Gasteiger partial charge < -0.3 is 4.74 Å². The number of hydrogen-bond donors (Lipinski definition) is 0. The molecule has 0 amide bonds. The third-order valence-electron chi connectivity index (χ3n) is 1.97. The highest BCUT2D eigenvalue weighted by Crippen LogP contribution is 2.13. The SMILES string of the molecule is CC(Br)C(CCl)OCc1ccccc1. The van der Waals surface area contributed by atoms with Gasteiger partial charge in [-0.2, -0.15) is 0 Å². The zero-order chi connectivity index (χ0) is 10.4. The van der Waals surface area contributed by atoms with Crippen molar-refractivity contribution in [2.75, 3.05) is 5.88 Å². The predicted octanol–water partition coefficient (Wildman–Crippen LogP) is 3.59. The zero-order valence-corrected chi connectivity index (χ0v) is 10.5. The molecule has 1 nitrogen and oxygen atoms in total. The molecule has 1 aromatic rings. The van der Waals surface area contributed by atoms with Crippen molar-refractivity contribution in [1.82, 2.24) is 0 Å². The Bertz CT molecular complexity index is 251. The van der Waals surface area contributed by atoms with Crippen LogP contribution in [0.4, 0.5) is 0 Å². The number of hydrogen-bond acceptors (Lipinski definition) is 1. The number of ether oxygens (including phenoxy) is 1. The smallest absolute Gasteiger partial charge is 0.0836 e. The molecule has 3 heteroatoms. The minimum atomic E-state index is 0.0665. The third-order valence-corrected chi connectivity index (χ3v) is 2.87. The monoisotopic (exact) mass is 276 g/mol. The molecule has 0 heterocycles. The molecule has 0 aliphatic rings. The van der Waals surface area contributed by atoms with Gasteiger partial charge >= 0.3 is 0 Å². The Balaban J connectivity index is 2.40. The Morgan fingerprint density at radius 3 is 2.50 bits per heavy atom. The minimum Gasteiger partial charge on any atom is -0.371 e. The van der Waals surface area contributed by atoms with E-state index in [9.17, 15) is 0 Å². The van der Waals surface area contributed by atoms with Gasteiger partial charge in [0.25, 0.3) is 0 Å². The van der Waals surface area contributed by atoms with Crippen LogP contribution in [0.3, 0.4) is 0 Å². The summed E-state index contributed by atoms with van der Waals surface area (Å²) in [5.74, 6) is 0.513. The summed E-state index contributed by atoms with van der Waals surface area (Å²) in [4.78, 5) is 0.281.